The SMILES string of the molecule is Cc1cn(C(=O)OC(C)(C)C)c2ccc(C(=O)c3cc4cc(OCCN(C)C)ccc4n3C(=O)OC(C)(C)C)cc12. The zero-order chi connectivity index (χ0) is 30.3. The van der Waals surface area contributed by atoms with Gasteiger partial charge in [0.25, 0.3) is 0 Å². The maximum atomic E-state index is 14.0. The smallest absolute Gasteiger partial charge is 0.419 e. The minimum atomic E-state index is -0.760. The highest BCUT2D eigenvalue weighted by molar-refractivity contribution is 6.14. The molecule has 0 bridgehead atoms. The Morgan fingerprint density at radius 2 is 1.46 bits per heavy atom. The zero-order valence-electron chi connectivity index (χ0n) is 25.3. The quantitative estimate of drug-likeness (QED) is 0.244. The first-order valence-electron chi connectivity index (χ1n) is 13.6. The molecule has 0 saturated heterocycles. The summed E-state index contributed by atoms with van der Waals surface area (Å²) in [5, 5.41) is 1.41. The monoisotopic (exact) mass is 561 g/mol. The Hall–Kier alpha value is -4.11. The van der Waals surface area contributed by atoms with Crippen molar-refractivity contribution in [2.75, 3.05) is 27.2 Å². The van der Waals surface area contributed by atoms with Crippen molar-refractivity contribution in [3.63, 3.8) is 0 Å². The van der Waals surface area contributed by atoms with Crippen LogP contribution < -0.4 is 4.74 Å². The average molecular weight is 562 g/mol. The van der Waals surface area contributed by atoms with Crippen LogP contribution in [-0.2, 0) is 9.47 Å². The third-order valence-electron chi connectivity index (χ3n) is 6.25. The molecule has 9 nitrogen and oxygen atoms in total. The third kappa shape index (κ3) is 6.79. The molecule has 0 amide bonds. The molecule has 0 fully saturated rings. The van der Waals surface area contributed by atoms with E-state index in [0.29, 0.717) is 34.3 Å². The first kappa shape index (κ1) is 29.9. The van der Waals surface area contributed by atoms with Gasteiger partial charge in [-0.15, -0.1) is 0 Å². The lowest BCUT2D eigenvalue weighted by Crippen LogP contribution is -2.28. The summed E-state index contributed by atoms with van der Waals surface area (Å²) in [7, 11) is 3.94. The van der Waals surface area contributed by atoms with Crippen molar-refractivity contribution in [2.24, 2.45) is 0 Å². The fourth-order valence-corrected chi connectivity index (χ4v) is 4.45. The van der Waals surface area contributed by atoms with Gasteiger partial charge < -0.3 is 19.1 Å². The number of ether oxygens (including phenoxy) is 3. The second-order valence-electron chi connectivity index (χ2n) is 12.4. The molecule has 4 rings (SSSR count). The fraction of sp³-hybridized carbons (Fsp3) is 0.406. The van der Waals surface area contributed by atoms with Gasteiger partial charge in [0.2, 0.25) is 5.78 Å². The van der Waals surface area contributed by atoms with Gasteiger partial charge in [-0.1, -0.05) is 0 Å². The molecule has 0 aliphatic carbocycles. The van der Waals surface area contributed by atoms with Gasteiger partial charge in [-0.05, 0) is 111 Å². The zero-order valence-corrected chi connectivity index (χ0v) is 25.3. The highest BCUT2D eigenvalue weighted by Crippen LogP contribution is 2.29. The van der Waals surface area contributed by atoms with E-state index in [1.54, 1.807) is 63.4 Å². The number of carbonyl (C=O) groups excluding carboxylic acids is 3. The predicted octanol–water partition coefficient (Wildman–Crippen LogP) is 6.64. The molecule has 9 heteroatoms. The lowest BCUT2D eigenvalue weighted by molar-refractivity contribution is 0.0529. The van der Waals surface area contributed by atoms with E-state index < -0.39 is 23.4 Å². The summed E-state index contributed by atoms with van der Waals surface area (Å²) >= 11 is 0. The summed E-state index contributed by atoms with van der Waals surface area (Å²) in [6.07, 6.45) is 0.552. The van der Waals surface area contributed by atoms with E-state index in [9.17, 15) is 14.4 Å². The van der Waals surface area contributed by atoms with Crippen molar-refractivity contribution in [3.05, 3.63) is 65.5 Å². The Morgan fingerprint density at radius 1 is 0.829 bits per heavy atom. The number of aryl methyl sites for hydroxylation is 1. The normalized spacial score (nSPS) is 12.2. The third-order valence-corrected chi connectivity index (χ3v) is 6.25. The number of benzene rings is 2. The average Bonchev–Trinajstić information content (AvgIpc) is 3.39. The standard InChI is InChI=1S/C32H39N3O6/c1-20-19-34(29(37)40-31(2,3)4)26-12-10-21(17-24(20)26)28(36)27-18-22-16-23(39-15-14-33(8)9)11-13-25(22)35(27)30(38)41-32(5,6)7/h10-13,16-19H,14-15H2,1-9H3. The first-order valence-corrected chi connectivity index (χ1v) is 13.6. The van der Waals surface area contributed by atoms with Crippen LogP contribution in [0, 0.1) is 6.92 Å². The van der Waals surface area contributed by atoms with Crippen LogP contribution in [0.2, 0.25) is 0 Å². The summed E-state index contributed by atoms with van der Waals surface area (Å²) in [5.41, 5.74) is 1.11. The van der Waals surface area contributed by atoms with Gasteiger partial charge in [0.15, 0.2) is 0 Å². The van der Waals surface area contributed by atoms with E-state index in [4.69, 9.17) is 14.2 Å². The molecule has 2 heterocycles. The van der Waals surface area contributed by atoms with Crippen LogP contribution in [-0.4, -0.2) is 70.5 Å². The molecule has 0 unspecified atom stereocenters. The number of hydrogen-bond acceptors (Lipinski definition) is 7. The Labute approximate surface area is 240 Å². The number of ketones is 1. The van der Waals surface area contributed by atoms with E-state index in [1.807, 2.05) is 52.8 Å². The largest absolute Gasteiger partial charge is 0.492 e. The number of likely N-dealkylation sites (N-methyl/N-ethyl adjacent to an activating group) is 1. The van der Waals surface area contributed by atoms with E-state index in [2.05, 4.69) is 0 Å². The van der Waals surface area contributed by atoms with Crippen LogP contribution in [0.15, 0.2) is 48.7 Å². The molecule has 0 N–H and O–H groups in total. The van der Waals surface area contributed by atoms with E-state index >= 15 is 0 Å². The Bertz CT molecular complexity index is 1630. The van der Waals surface area contributed by atoms with Crippen molar-refractivity contribution < 1.29 is 28.6 Å². The highest BCUT2D eigenvalue weighted by Gasteiger charge is 2.27. The summed E-state index contributed by atoms with van der Waals surface area (Å²) in [6, 6.07) is 12.1. The van der Waals surface area contributed by atoms with E-state index in [1.165, 1.54) is 9.13 Å². The minimum absolute atomic E-state index is 0.170. The van der Waals surface area contributed by atoms with Gasteiger partial charge in [-0.2, -0.15) is 0 Å². The van der Waals surface area contributed by atoms with Crippen LogP contribution in [0.25, 0.3) is 21.8 Å². The Balaban J connectivity index is 1.77. The molecule has 4 aromatic rings. The molecular weight excluding hydrogens is 522 g/mol. The van der Waals surface area contributed by atoms with Crippen LogP contribution in [0.1, 0.15) is 63.2 Å². The molecule has 0 aliphatic rings. The maximum Gasteiger partial charge on any atom is 0.419 e. The molecule has 0 spiro atoms. The molecular formula is C32H39N3O6. The van der Waals surface area contributed by atoms with Crippen molar-refractivity contribution >= 4 is 39.8 Å². The molecule has 2 aromatic heterocycles. The van der Waals surface area contributed by atoms with Crippen LogP contribution in [0.3, 0.4) is 0 Å². The lowest BCUT2D eigenvalue weighted by Gasteiger charge is -2.21. The molecule has 41 heavy (non-hydrogen) atoms. The molecule has 0 radical (unpaired) electrons. The molecule has 0 atom stereocenters. The Kier molecular flexibility index (Phi) is 8.05. The number of rotatable bonds is 6. The lowest BCUT2D eigenvalue weighted by atomic mass is 10.0. The number of hydrogen-bond donors (Lipinski definition) is 0. The molecule has 0 aliphatic heterocycles. The second-order valence-corrected chi connectivity index (χ2v) is 12.4. The molecule has 218 valence electrons. The van der Waals surface area contributed by atoms with Gasteiger partial charge in [0.1, 0.15) is 29.3 Å². The summed E-state index contributed by atoms with van der Waals surface area (Å²) in [6.45, 7) is 13.9. The number of carbonyl (C=O) groups is 3. The predicted molar refractivity (Wildman–Crippen MR) is 159 cm³/mol. The van der Waals surface area contributed by atoms with Crippen LogP contribution in [0.4, 0.5) is 9.59 Å². The second kappa shape index (κ2) is 11.0. The van der Waals surface area contributed by atoms with E-state index in [0.717, 1.165) is 17.5 Å². The van der Waals surface area contributed by atoms with Crippen molar-refractivity contribution in [1.29, 1.82) is 0 Å². The minimum Gasteiger partial charge on any atom is -0.492 e. The van der Waals surface area contributed by atoms with Gasteiger partial charge in [-0.25, -0.2) is 14.2 Å². The number of nitrogens with zero attached hydrogens (tertiary/aromatic N) is 3. The maximum absolute atomic E-state index is 14.0. The van der Waals surface area contributed by atoms with Crippen molar-refractivity contribution in [2.45, 2.75) is 59.7 Å². The highest BCUT2D eigenvalue weighted by atomic mass is 16.6. The van der Waals surface area contributed by atoms with Crippen molar-refractivity contribution in [3.8, 4) is 5.75 Å². The topological polar surface area (TPSA) is 92.0 Å². The summed E-state index contributed by atoms with van der Waals surface area (Å²) in [5.74, 6) is 0.286. The molecule has 2 aromatic carbocycles. The number of aromatic nitrogens is 2. The van der Waals surface area contributed by atoms with Crippen LogP contribution >= 0.6 is 0 Å². The van der Waals surface area contributed by atoms with Crippen molar-refractivity contribution in [1.82, 2.24) is 14.0 Å². The fourth-order valence-electron chi connectivity index (χ4n) is 4.45. The molecule has 0 saturated carbocycles. The van der Waals surface area contributed by atoms with Crippen LogP contribution in [0.5, 0.6) is 5.75 Å². The van der Waals surface area contributed by atoms with Gasteiger partial charge >= 0.3 is 12.2 Å². The first-order chi connectivity index (χ1) is 19.0. The summed E-state index contributed by atoms with van der Waals surface area (Å²) < 4.78 is 19.9. The Morgan fingerprint density at radius 3 is 2.10 bits per heavy atom. The van der Waals surface area contributed by atoms with E-state index in [-0.39, 0.29) is 11.5 Å². The number of fused-ring (bicyclic) bond motifs is 2. The van der Waals surface area contributed by atoms with Gasteiger partial charge in [-0.3, -0.25) is 9.36 Å². The van der Waals surface area contributed by atoms with Gasteiger partial charge in [0, 0.05) is 29.1 Å². The summed E-state index contributed by atoms with van der Waals surface area (Å²) in [4.78, 5) is 42.2. The van der Waals surface area contributed by atoms with Gasteiger partial charge in [0.05, 0.1) is 11.0 Å².